The number of nitrogens with one attached hydrogen (secondary N) is 3. The second kappa shape index (κ2) is 7.90. The molecule has 140 valence electrons. The van der Waals surface area contributed by atoms with Crippen molar-refractivity contribution >= 4 is 40.8 Å². The second-order valence-electron chi connectivity index (χ2n) is 5.97. The molecule has 1 saturated heterocycles. The molecule has 2 atom stereocenters. The van der Waals surface area contributed by atoms with Crippen LogP contribution in [0.2, 0.25) is 10.0 Å². The average Bonchev–Trinajstić information content (AvgIpc) is 2.63. The number of hydrogen-bond acceptors (Lipinski definition) is 3. The molecule has 0 bridgehead atoms. The van der Waals surface area contributed by atoms with Crippen LogP contribution < -0.4 is 20.7 Å². The van der Waals surface area contributed by atoms with Crippen molar-refractivity contribution in [1.29, 1.82) is 0 Å². The molecule has 1 heterocycles. The van der Waals surface area contributed by atoms with Gasteiger partial charge in [-0.05, 0) is 42.0 Å². The maximum atomic E-state index is 12.9. The van der Waals surface area contributed by atoms with Crippen LogP contribution in [0.4, 0.5) is 10.5 Å². The Bertz CT molecular complexity index is 900. The molecule has 0 saturated carbocycles. The van der Waals surface area contributed by atoms with Crippen LogP contribution in [0.15, 0.2) is 54.7 Å². The van der Waals surface area contributed by atoms with Gasteiger partial charge >= 0.3 is 6.03 Å². The molecule has 0 aliphatic carbocycles. The Labute approximate surface area is 166 Å². The molecule has 0 spiro atoms. The lowest BCUT2D eigenvalue weighted by atomic mass is 9.88. The Morgan fingerprint density at radius 1 is 1.15 bits per heavy atom. The Morgan fingerprint density at radius 2 is 1.85 bits per heavy atom. The molecular weight excluding hydrogens is 389 g/mol. The van der Waals surface area contributed by atoms with Gasteiger partial charge in [0.1, 0.15) is 11.7 Å². The van der Waals surface area contributed by atoms with Gasteiger partial charge in [0.15, 0.2) is 0 Å². The van der Waals surface area contributed by atoms with Gasteiger partial charge in [0, 0.05) is 11.4 Å². The van der Waals surface area contributed by atoms with E-state index in [1.54, 1.807) is 49.6 Å². The zero-order valence-corrected chi connectivity index (χ0v) is 15.9. The Balaban J connectivity index is 1.88. The quantitative estimate of drug-likeness (QED) is 0.715. The third-order valence-corrected chi connectivity index (χ3v) is 4.95. The van der Waals surface area contributed by atoms with Crippen LogP contribution in [0.3, 0.4) is 0 Å². The molecule has 3 amide bonds. The van der Waals surface area contributed by atoms with E-state index in [-0.39, 0.29) is 5.91 Å². The van der Waals surface area contributed by atoms with Gasteiger partial charge in [-0.2, -0.15) is 0 Å². The predicted octanol–water partition coefficient (Wildman–Crippen LogP) is 4.12. The van der Waals surface area contributed by atoms with Crippen LogP contribution in [0.5, 0.6) is 5.75 Å². The Kier molecular flexibility index (Phi) is 5.58. The lowest BCUT2D eigenvalue weighted by Gasteiger charge is -2.34. The lowest BCUT2D eigenvalue weighted by Crippen LogP contribution is -2.51. The molecule has 0 aromatic heterocycles. The molecule has 0 unspecified atom stereocenters. The minimum Gasteiger partial charge on any atom is -0.497 e. The van der Waals surface area contributed by atoms with E-state index in [9.17, 15) is 9.59 Å². The summed E-state index contributed by atoms with van der Waals surface area (Å²) in [6, 6.07) is 10.8. The summed E-state index contributed by atoms with van der Waals surface area (Å²) in [6.07, 6.45) is 0. The van der Waals surface area contributed by atoms with Crippen molar-refractivity contribution in [1.82, 2.24) is 10.6 Å². The van der Waals surface area contributed by atoms with Crippen molar-refractivity contribution in [2.45, 2.75) is 6.04 Å². The first-order valence-electron chi connectivity index (χ1n) is 8.05. The maximum absolute atomic E-state index is 12.9. The molecule has 3 rings (SSSR count). The molecule has 1 aliphatic heterocycles. The number of ether oxygens (including phenoxy) is 1. The largest absolute Gasteiger partial charge is 0.497 e. The van der Waals surface area contributed by atoms with Crippen molar-refractivity contribution in [2.24, 2.45) is 5.92 Å². The standard InChI is InChI=1S/C19H17Cl2N3O3/c1-10-16(18(25)23-12-4-6-13(27-2)7-5-12)17(24-19(26)22-10)11-3-8-14(20)15(21)9-11/h3-9,16-17H,1H2,2H3,(H,23,25)(H2,22,24,26)/t16-,17+/m0/s1. The number of carbonyl (C=O) groups is 2. The van der Waals surface area contributed by atoms with E-state index in [0.29, 0.717) is 32.7 Å². The highest BCUT2D eigenvalue weighted by Gasteiger charge is 2.38. The number of hydrogen-bond donors (Lipinski definition) is 3. The normalized spacial score (nSPS) is 19.1. The predicted molar refractivity (Wildman–Crippen MR) is 105 cm³/mol. The van der Waals surface area contributed by atoms with Gasteiger partial charge < -0.3 is 20.7 Å². The molecule has 6 nitrogen and oxygen atoms in total. The first-order chi connectivity index (χ1) is 12.9. The SMILES string of the molecule is C=C1NC(=O)N[C@H](c2ccc(Cl)c(Cl)c2)[C@H]1C(=O)Nc1ccc(OC)cc1. The molecule has 1 fully saturated rings. The zero-order chi connectivity index (χ0) is 19.6. The van der Waals surface area contributed by atoms with E-state index < -0.39 is 18.0 Å². The van der Waals surface area contributed by atoms with Crippen LogP contribution >= 0.6 is 23.2 Å². The fourth-order valence-corrected chi connectivity index (χ4v) is 3.18. The van der Waals surface area contributed by atoms with Crippen LogP contribution in [0.25, 0.3) is 0 Å². The van der Waals surface area contributed by atoms with Gasteiger partial charge in [-0.25, -0.2) is 4.79 Å². The van der Waals surface area contributed by atoms with Crippen molar-refractivity contribution in [2.75, 3.05) is 12.4 Å². The highest BCUT2D eigenvalue weighted by molar-refractivity contribution is 6.42. The van der Waals surface area contributed by atoms with Gasteiger partial charge in [-0.15, -0.1) is 0 Å². The summed E-state index contributed by atoms with van der Waals surface area (Å²) in [7, 11) is 1.57. The summed E-state index contributed by atoms with van der Waals surface area (Å²) >= 11 is 12.1. The summed E-state index contributed by atoms with van der Waals surface area (Å²) in [5.41, 5.74) is 1.54. The van der Waals surface area contributed by atoms with E-state index in [1.807, 2.05) is 0 Å². The molecule has 2 aromatic rings. The molecule has 3 N–H and O–H groups in total. The molecule has 2 aromatic carbocycles. The highest BCUT2D eigenvalue weighted by atomic mass is 35.5. The number of urea groups is 1. The van der Waals surface area contributed by atoms with Crippen molar-refractivity contribution < 1.29 is 14.3 Å². The summed E-state index contributed by atoms with van der Waals surface area (Å²) in [4.78, 5) is 24.8. The van der Waals surface area contributed by atoms with Gasteiger partial charge in [0.05, 0.1) is 23.2 Å². The van der Waals surface area contributed by atoms with Gasteiger partial charge in [0.2, 0.25) is 5.91 Å². The number of amides is 3. The minimum absolute atomic E-state index is 0.292. The summed E-state index contributed by atoms with van der Waals surface area (Å²) in [5, 5.41) is 8.86. The van der Waals surface area contributed by atoms with Crippen molar-refractivity contribution in [3.8, 4) is 5.75 Å². The fourth-order valence-electron chi connectivity index (χ4n) is 2.87. The second-order valence-corrected chi connectivity index (χ2v) is 6.78. The number of methoxy groups -OCH3 is 1. The third-order valence-electron chi connectivity index (χ3n) is 4.21. The lowest BCUT2D eigenvalue weighted by molar-refractivity contribution is -0.119. The fraction of sp³-hybridized carbons (Fsp3) is 0.158. The summed E-state index contributed by atoms with van der Waals surface area (Å²) < 4.78 is 5.11. The summed E-state index contributed by atoms with van der Waals surface area (Å²) in [6.45, 7) is 3.84. The van der Waals surface area contributed by atoms with Crippen molar-refractivity contribution in [3.05, 3.63) is 70.3 Å². The topological polar surface area (TPSA) is 79.5 Å². The Morgan fingerprint density at radius 3 is 2.48 bits per heavy atom. The number of halogens is 2. The van der Waals surface area contributed by atoms with E-state index in [1.165, 1.54) is 0 Å². The molecule has 0 radical (unpaired) electrons. The number of carbonyl (C=O) groups excluding carboxylic acids is 2. The van der Waals surface area contributed by atoms with Crippen molar-refractivity contribution in [3.63, 3.8) is 0 Å². The molecule has 8 heteroatoms. The van der Waals surface area contributed by atoms with Crippen LogP contribution in [0, 0.1) is 5.92 Å². The molecular formula is C19H17Cl2N3O3. The summed E-state index contributed by atoms with van der Waals surface area (Å²) in [5.74, 6) is -0.395. The van der Waals surface area contributed by atoms with E-state index in [4.69, 9.17) is 27.9 Å². The zero-order valence-electron chi connectivity index (χ0n) is 14.4. The average molecular weight is 406 g/mol. The molecule has 27 heavy (non-hydrogen) atoms. The van der Waals surface area contributed by atoms with Crippen LogP contribution in [-0.4, -0.2) is 19.0 Å². The van der Waals surface area contributed by atoms with Crippen LogP contribution in [-0.2, 0) is 4.79 Å². The first kappa shape index (κ1) is 19.1. The van der Waals surface area contributed by atoms with Gasteiger partial charge in [0.25, 0.3) is 0 Å². The number of benzene rings is 2. The monoisotopic (exact) mass is 405 g/mol. The molecule has 1 aliphatic rings. The van der Waals surface area contributed by atoms with E-state index >= 15 is 0 Å². The number of anilines is 1. The Hall–Kier alpha value is -2.70. The van der Waals surface area contributed by atoms with E-state index in [0.717, 1.165) is 0 Å². The third kappa shape index (κ3) is 4.18. The van der Waals surface area contributed by atoms with Gasteiger partial charge in [-0.3, -0.25) is 4.79 Å². The van der Waals surface area contributed by atoms with Crippen LogP contribution in [0.1, 0.15) is 11.6 Å². The first-order valence-corrected chi connectivity index (χ1v) is 8.81. The maximum Gasteiger partial charge on any atom is 0.319 e. The minimum atomic E-state index is -0.748. The smallest absolute Gasteiger partial charge is 0.319 e. The van der Waals surface area contributed by atoms with E-state index in [2.05, 4.69) is 22.5 Å². The highest BCUT2D eigenvalue weighted by Crippen LogP contribution is 2.33. The van der Waals surface area contributed by atoms with Gasteiger partial charge in [-0.1, -0.05) is 35.8 Å². The number of rotatable bonds is 4.